The van der Waals surface area contributed by atoms with Gasteiger partial charge in [0.05, 0.1) is 12.3 Å². The van der Waals surface area contributed by atoms with Gasteiger partial charge in [0.15, 0.2) is 11.4 Å². The molecule has 0 amide bonds. The Morgan fingerprint density at radius 3 is 2.35 bits per heavy atom. The van der Waals surface area contributed by atoms with Gasteiger partial charge in [-0.25, -0.2) is 4.98 Å². The van der Waals surface area contributed by atoms with Crippen molar-refractivity contribution in [2.45, 2.75) is 12.5 Å². The van der Waals surface area contributed by atoms with E-state index in [9.17, 15) is 26.3 Å². The Morgan fingerprint density at radius 2 is 1.73 bits per heavy atom. The monoisotopic (exact) mass is 382 g/mol. The maximum Gasteiger partial charge on any atom is 0.573 e. The topological polar surface area (TPSA) is 79.3 Å². The van der Waals surface area contributed by atoms with Crippen molar-refractivity contribution in [1.82, 2.24) is 9.97 Å². The van der Waals surface area contributed by atoms with Crippen LogP contribution in [0.4, 0.5) is 43.8 Å². The Morgan fingerprint density at radius 1 is 1.04 bits per heavy atom. The molecule has 0 unspecified atom stereocenters. The standard InChI is InChI=1S/C14H12F6N4O2/c15-13(16,17)10-7-11(24-12(23-10)21-5-6-25)22-8-3-1-2-4-9(8)26-14(18,19)20/h1-4,7,25H,5-6H2,(H2,21,22,23,24). The molecule has 0 saturated heterocycles. The molecule has 0 radical (unpaired) electrons. The highest BCUT2D eigenvalue weighted by Crippen LogP contribution is 2.34. The predicted molar refractivity (Wildman–Crippen MR) is 79.0 cm³/mol. The molecule has 1 aromatic heterocycles. The van der Waals surface area contributed by atoms with Crippen LogP contribution in [0, 0.1) is 0 Å². The Bertz CT molecular complexity index is 751. The molecule has 1 heterocycles. The number of halogens is 6. The van der Waals surface area contributed by atoms with E-state index in [2.05, 4.69) is 25.3 Å². The molecule has 2 aromatic rings. The van der Waals surface area contributed by atoms with Crippen LogP contribution in [0.5, 0.6) is 5.75 Å². The summed E-state index contributed by atoms with van der Waals surface area (Å²) in [4.78, 5) is 6.99. The first kappa shape index (κ1) is 19.6. The van der Waals surface area contributed by atoms with E-state index in [0.29, 0.717) is 6.07 Å². The number of ether oxygens (including phenoxy) is 1. The number of rotatable bonds is 6. The first-order chi connectivity index (χ1) is 12.1. The second kappa shape index (κ2) is 7.64. The number of anilines is 3. The highest BCUT2D eigenvalue weighted by atomic mass is 19.4. The maximum atomic E-state index is 12.9. The van der Waals surface area contributed by atoms with Gasteiger partial charge in [-0.3, -0.25) is 0 Å². The third-order valence-electron chi connectivity index (χ3n) is 2.79. The SMILES string of the molecule is OCCNc1nc(Nc2ccccc2OC(F)(F)F)cc(C(F)(F)F)n1. The van der Waals surface area contributed by atoms with Gasteiger partial charge in [-0.2, -0.15) is 18.2 Å². The van der Waals surface area contributed by atoms with Gasteiger partial charge in [0.25, 0.3) is 0 Å². The molecule has 0 bridgehead atoms. The van der Waals surface area contributed by atoms with Crippen molar-refractivity contribution in [3.05, 3.63) is 36.0 Å². The van der Waals surface area contributed by atoms with Crippen LogP contribution in [0.3, 0.4) is 0 Å². The van der Waals surface area contributed by atoms with Crippen LogP contribution in [0.25, 0.3) is 0 Å². The molecule has 6 nitrogen and oxygen atoms in total. The second-order valence-corrected chi connectivity index (χ2v) is 4.78. The van der Waals surface area contributed by atoms with E-state index >= 15 is 0 Å². The molecular formula is C14H12F6N4O2. The van der Waals surface area contributed by atoms with E-state index in [-0.39, 0.29) is 18.8 Å². The lowest BCUT2D eigenvalue weighted by Gasteiger charge is -2.15. The van der Waals surface area contributed by atoms with Crippen LogP contribution in [-0.4, -0.2) is 34.6 Å². The summed E-state index contributed by atoms with van der Waals surface area (Å²) in [5.41, 5.74) is -1.56. The number of para-hydroxylation sites is 2. The predicted octanol–water partition coefficient (Wildman–Crippen LogP) is 3.54. The summed E-state index contributed by atoms with van der Waals surface area (Å²) in [5, 5.41) is 13.4. The number of aliphatic hydroxyl groups is 1. The van der Waals surface area contributed by atoms with Crippen LogP contribution < -0.4 is 15.4 Å². The van der Waals surface area contributed by atoms with Gasteiger partial charge in [-0.1, -0.05) is 12.1 Å². The number of aromatic nitrogens is 2. The van der Waals surface area contributed by atoms with Gasteiger partial charge in [0.1, 0.15) is 5.82 Å². The average molecular weight is 382 g/mol. The fourth-order valence-corrected chi connectivity index (χ4v) is 1.82. The van der Waals surface area contributed by atoms with Crippen LogP contribution in [-0.2, 0) is 6.18 Å². The van der Waals surface area contributed by atoms with E-state index in [1.165, 1.54) is 18.2 Å². The molecule has 0 atom stereocenters. The van der Waals surface area contributed by atoms with Crippen molar-refractivity contribution in [3.63, 3.8) is 0 Å². The number of benzene rings is 1. The summed E-state index contributed by atoms with van der Waals surface area (Å²) in [6, 6.07) is 5.34. The normalized spacial score (nSPS) is 12.0. The molecule has 26 heavy (non-hydrogen) atoms. The van der Waals surface area contributed by atoms with Gasteiger partial charge in [-0.15, -0.1) is 13.2 Å². The van der Waals surface area contributed by atoms with Crippen LogP contribution >= 0.6 is 0 Å². The number of nitrogens with zero attached hydrogens (tertiary/aromatic N) is 2. The lowest BCUT2D eigenvalue weighted by atomic mass is 10.3. The van der Waals surface area contributed by atoms with Gasteiger partial charge in [0, 0.05) is 12.6 Å². The van der Waals surface area contributed by atoms with Crippen molar-refractivity contribution in [1.29, 1.82) is 0 Å². The summed E-state index contributed by atoms with van der Waals surface area (Å²) >= 11 is 0. The molecule has 0 aliphatic rings. The Kier molecular flexibility index (Phi) is 5.75. The van der Waals surface area contributed by atoms with Crippen molar-refractivity contribution in [3.8, 4) is 5.75 Å². The smallest absolute Gasteiger partial charge is 0.404 e. The second-order valence-electron chi connectivity index (χ2n) is 4.78. The molecule has 2 rings (SSSR count). The molecular weight excluding hydrogens is 370 g/mol. The largest absolute Gasteiger partial charge is 0.573 e. The quantitative estimate of drug-likeness (QED) is 0.664. The van der Waals surface area contributed by atoms with Crippen molar-refractivity contribution < 1.29 is 36.2 Å². The summed E-state index contributed by atoms with van der Waals surface area (Å²) in [7, 11) is 0. The number of hydrogen-bond donors (Lipinski definition) is 3. The fraction of sp³-hybridized carbons (Fsp3) is 0.286. The van der Waals surface area contributed by atoms with Crippen molar-refractivity contribution in [2.24, 2.45) is 0 Å². The number of hydrogen-bond acceptors (Lipinski definition) is 6. The Hall–Kier alpha value is -2.76. The van der Waals surface area contributed by atoms with Gasteiger partial charge in [0.2, 0.25) is 5.95 Å². The highest BCUT2D eigenvalue weighted by molar-refractivity contribution is 5.65. The van der Waals surface area contributed by atoms with Crippen LogP contribution in [0.2, 0.25) is 0 Å². The third-order valence-corrected chi connectivity index (χ3v) is 2.79. The average Bonchev–Trinajstić information content (AvgIpc) is 2.52. The van der Waals surface area contributed by atoms with Crippen molar-refractivity contribution >= 4 is 17.5 Å². The molecule has 0 fully saturated rings. The molecule has 0 aliphatic carbocycles. The maximum absolute atomic E-state index is 12.9. The van der Waals surface area contributed by atoms with E-state index < -0.39 is 35.7 Å². The zero-order chi connectivity index (χ0) is 19.4. The van der Waals surface area contributed by atoms with Gasteiger partial charge < -0.3 is 20.5 Å². The summed E-state index contributed by atoms with van der Waals surface area (Å²) in [5.74, 6) is -1.51. The number of aliphatic hydroxyl groups excluding tert-OH is 1. The molecule has 3 N–H and O–H groups in total. The minimum atomic E-state index is -4.98. The minimum Gasteiger partial charge on any atom is -0.404 e. The lowest BCUT2D eigenvalue weighted by molar-refractivity contribution is -0.274. The van der Waals surface area contributed by atoms with Gasteiger partial charge in [-0.05, 0) is 12.1 Å². The minimum absolute atomic E-state index is 0.117. The Labute approximate surface area is 142 Å². The summed E-state index contributed by atoms with van der Waals surface area (Å²) in [6.45, 7) is -0.501. The zero-order valence-corrected chi connectivity index (χ0v) is 12.8. The number of nitrogens with one attached hydrogen (secondary N) is 2. The molecule has 1 aromatic carbocycles. The summed E-state index contributed by atoms with van der Waals surface area (Å²) in [6.07, 6.45) is -9.79. The molecule has 0 aliphatic heterocycles. The first-order valence-corrected chi connectivity index (χ1v) is 7.01. The fourth-order valence-electron chi connectivity index (χ4n) is 1.82. The molecule has 0 spiro atoms. The molecule has 12 heteroatoms. The zero-order valence-electron chi connectivity index (χ0n) is 12.8. The van der Waals surface area contributed by atoms with Crippen LogP contribution in [0.15, 0.2) is 30.3 Å². The Balaban J connectivity index is 2.37. The molecule has 0 saturated carbocycles. The van der Waals surface area contributed by atoms with Crippen LogP contribution in [0.1, 0.15) is 5.69 Å². The van der Waals surface area contributed by atoms with Crippen molar-refractivity contribution in [2.75, 3.05) is 23.8 Å². The third kappa shape index (κ3) is 5.65. The van der Waals surface area contributed by atoms with E-state index in [4.69, 9.17) is 5.11 Å². The highest BCUT2D eigenvalue weighted by Gasteiger charge is 2.34. The number of alkyl halides is 6. The van der Waals surface area contributed by atoms with E-state index in [1.807, 2.05) is 0 Å². The van der Waals surface area contributed by atoms with E-state index in [0.717, 1.165) is 6.07 Å². The van der Waals surface area contributed by atoms with E-state index in [1.54, 1.807) is 0 Å². The summed E-state index contributed by atoms with van der Waals surface area (Å²) < 4.78 is 79.9. The lowest BCUT2D eigenvalue weighted by Crippen LogP contribution is -2.18. The first-order valence-electron chi connectivity index (χ1n) is 7.01. The van der Waals surface area contributed by atoms with Gasteiger partial charge >= 0.3 is 12.5 Å². The molecule has 142 valence electrons.